The van der Waals surface area contributed by atoms with Crippen molar-refractivity contribution < 1.29 is 4.79 Å². The molecule has 0 N–H and O–H groups in total. The fraction of sp³-hybridized carbons (Fsp3) is 0.381. The van der Waals surface area contributed by atoms with E-state index in [1.165, 1.54) is 5.56 Å². The predicted molar refractivity (Wildman–Crippen MR) is 104 cm³/mol. The first kappa shape index (κ1) is 18.3. The summed E-state index contributed by atoms with van der Waals surface area (Å²) in [6.07, 6.45) is 4.54. The van der Waals surface area contributed by atoms with Crippen molar-refractivity contribution in [2.45, 2.75) is 32.1 Å². The van der Waals surface area contributed by atoms with E-state index in [2.05, 4.69) is 30.3 Å². The summed E-state index contributed by atoms with van der Waals surface area (Å²) in [6, 6.07) is 16.2. The van der Waals surface area contributed by atoms with E-state index in [0.29, 0.717) is 28.8 Å². The number of nitrogens with zero attached hydrogens (tertiary/aromatic N) is 1. The third-order valence-electron chi connectivity index (χ3n) is 4.95. The van der Waals surface area contributed by atoms with Crippen LogP contribution in [0.3, 0.4) is 0 Å². The van der Waals surface area contributed by atoms with E-state index in [1.54, 1.807) is 6.07 Å². The summed E-state index contributed by atoms with van der Waals surface area (Å²) in [4.78, 5) is 14.5. The van der Waals surface area contributed by atoms with E-state index >= 15 is 0 Å². The molecule has 1 fully saturated rings. The monoisotopic (exact) mass is 375 g/mol. The van der Waals surface area contributed by atoms with Crippen molar-refractivity contribution in [3.63, 3.8) is 0 Å². The third-order valence-corrected chi connectivity index (χ3v) is 5.69. The van der Waals surface area contributed by atoms with Crippen LogP contribution in [0.15, 0.2) is 48.5 Å². The predicted octanol–water partition coefficient (Wildman–Crippen LogP) is 5.41. The topological polar surface area (TPSA) is 20.3 Å². The minimum atomic E-state index is 0.240. The molecule has 132 valence electrons. The molecule has 1 saturated heterocycles. The van der Waals surface area contributed by atoms with Crippen molar-refractivity contribution in [1.82, 2.24) is 4.90 Å². The van der Waals surface area contributed by atoms with Crippen LogP contribution in [-0.2, 0) is 17.6 Å². The lowest BCUT2D eigenvalue weighted by Crippen LogP contribution is -2.39. The number of hydrogen-bond donors (Lipinski definition) is 0. The number of piperidine rings is 1. The number of carbonyl (C=O) groups excluding carboxylic acids is 1. The van der Waals surface area contributed by atoms with E-state index in [-0.39, 0.29) is 5.91 Å². The minimum absolute atomic E-state index is 0.240. The van der Waals surface area contributed by atoms with E-state index < -0.39 is 0 Å². The molecule has 25 heavy (non-hydrogen) atoms. The SMILES string of the molecule is O=C(CCc1ccc(Cl)c(Cl)c1)N1CCC(Cc2ccccc2)CC1. The average Bonchev–Trinajstić information content (AvgIpc) is 2.64. The van der Waals surface area contributed by atoms with Gasteiger partial charge in [-0.1, -0.05) is 59.6 Å². The maximum atomic E-state index is 12.5. The van der Waals surface area contributed by atoms with Crippen molar-refractivity contribution >= 4 is 29.1 Å². The lowest BCUT2D eigenvalue weighted by Gasteiger charge is -2.32. The quantitative estimate of drug-likeness (QED) is 0.684. The Morgan fingerprint density at radius 3 is 2.36 bits per heavy atom. The van der Waals surface area contributed by atoms with Gasteiger partial charge in [-0.3, -0.25) is 4.79 Å². The molecule has 0 atom stereocenters. The number of amides is 1. The molecule has 1 aliphatic heterocycles. The van der Waals surface area contributed by atoms with Crippen molar-refractivity contribution in [3.05, 3.63) is 69.7 Å². The van der Waals surface area contributed by atoms with Crippen LogP contribution in [0.2, 0.25) is 10.0 Å². The number of aryl methyl sites for hydroxylation is 1. The van der Waals surface area contributed by atoms with Crippen LogP contribution >= 0.6 is 23.2 Å². The zero-order valence-corrected chi connectivity index (χ0v) is 15.8. The van der Waals surface area contributed by atoms with Crippen LogP contribution in [0.1, 0.15) is 30.4 Å². The summed E-state index contributed by atoms with van der Waals surface area (Å²) < 4.78 is 0. The second-order valence-corrected chi connectivity index (χ2v) is 7.58. The van der Waals surface area contributed by atoms with Gasteiger partial charge in [-0.2, -0.15) is 0 Å². The number of likely N-dealkylation sites (tertiary alicyclic amines) is 1. The summed E-state index contributed by atoms with van der Waals surface area (Å²) in [5.41, 5.74) is 2.45. The second-order valence-electron chi connectivity index (χ2n) is 6.76. The molecule has 4 heteroatoms. The summed E-state index contributed by atoms with van der Waals surface area (Å²) in [5, 5.41) is 1.10. The van der Waals surface area contributed by atoms with Gasteiger partial charge in [0.2, 0.25) is 5.91 Å². The van der Waals surface area contributed by atoms with E-state index in [4.69, 9.17) is 23.2 Å². The van der Waals surface area contributed by atoms with Crippen LogP contribution < -0.4 is 0 Å². The molecule has 2 aromatic carbocycles. The van der Waals surface area contributed by atoms with Crippen molar-refractivity contribution in [2.24, 2.45) is 5.92 Å². The summed E-state index contributed by atoms with van der Waals surface area (Å²) in [6.45, 7) is 1.75. The lowest BCUT2D eigenvalue weighted by molar-refractivity contribution is -0.132. The fourth-order valence-corrected chi connectivity index (χ4v) is 3.76. The molecule has 1 heterocycles. The molecule has 0 unspecified atom stereocenters. The van der Waals surface area contributed by atoms with E-state index in [1.807, 2.05) is 17.0 Å². The number of hydrogen-bond acceptors (Lipinski definition) is 1. The second kappa shape index (κ2) is 8.73. The highest BCUT2D eigenvalue weighted by Crippen LogP contribution is 2.24. The Morgan fingerprint density at radius 2 is 1.68 bits per heavy atom. The third kappa shape index (κ3) is 5.23. The first-order valence-corrected chi connectivity index (χ1v) is 9.63. The van der Waals surface area contributed by atoms with Crippen LogP contribution in [-0.4, -0.2) is 23.9 Å². The highest BCUT2D eigenvalue weighted by molar-refractivity contribution is 6.42. The van der Waals surface area contributed by atoms with E-state index in [9.17, 15) is 4.79 Å². The Balaban J connectivity index is 1.44. The molecule has 0 aromatic heterocycles. The Labute approximate surface area is 159 Å². The molecule has 0 aliphatic carbocycles. The highest BCUT2D eigenvalue weighted by atomic mass is 35.5. The van der Waals surface area contributed by atoms with Gasteiger partial charge in [0.05, 0.1) is 10.0 Å². The van der Waals surface area contributed by atoms with Crippen molar-refractivity contribution in [1.29, 1.82) is 0 Å². The molecule has 0 saturated carbocycles. The fourth-order valence-electron chi connectivity index (χ4n) is 3.44. The van der Waals surface area contributed by atoms with Gasteiger partial charge in [-0.05, 0) is 54.9 Å². The van der Waals surface area contributed by atoms with Crippen LogP contribution in [0, 0.1) is 5.92 Å². The molecule has 2 nitrogen and oxygen atoms in total. The smallest absolute Gasteiger partial charge is 0.222 e. The molecular weight excluding hydrogens is 353 g/mol. The highest BCUT2D eigenvalue weighted by Gasteiger charge is 2.22. The Morgan fingerprint density at radius 1 is 0.960 bits per heavy atom. The summed E-state index contributed by atoms with van der Waals surface area (Å²) in [5.74, 6) is 0.922. The van der Waals surface area contributed by atoms with Crippen molar-refractivity contribution in [3.8, 4) is 0 Å². The minimum Gasteiger partial charge on any atom is -0.343 e. The maximum Gasteiger partial charge on any atom is 0.222 e. The Hall–Kier alpha value is -1.51. The van der Waals surface area contributed by atoms with Gasteiger partial charge in [-0.15, -0.1) is 0 Å². The maximum absolute atomic E-state index is 12.5. The van der Waals surface area contributed by atoms with Gasteiger partial charge < -0.3 is 4.90 Å². The average molecular weight is 376 g/mol. The van der Waals surface area contributed by atoms with Gasteiger partial charge in [0, 0.05) is 19.5 Å². The van der Waals surface area contributed by atoms with Gasteiger partial charge in [0.15, 0.2) is 0 Å². The van der Waals surface area contributed by atoms with Gasteiger partial charge >= 0.3 is 0 Å². The largest absolute Gasteiger partial charge is 0.343 e. The van der Waals surface area contributed by atoms with Crippen molar-refractivity contribution in [2.75, 3.05) is 13.1 Å². The van der Waals surface area contributed by atoms with Gasteiger partial charge in [-0.25, -0.2) is 0 Å². The number of halogens is 2. The number of benzene rings is 2. The summed E-state index contributed by atoms with van der Waals surface area (Å²) in [7, 11) is 0. The zero-order chi connectivity index (χ0) is 17.6. The normalized spacial score (nSPS) is 15.4. The Kier molecular flexibility index (Phi) is 6.39. The van der Waals surface area contributed by atoms with Gasteiger partial charge in [0.1, 0.15) is 0 Å². The number of carbonyl (C=O) groups is 1. The molecule has 0 radical (unpaired) electrons. The first-order valence-electron chi connectivity index (χ1n) is 8.87. The van der Waals surface area contributed by atoms with Crippen LogP contribution in [0.5, 0.6) is 0 Å². The number of rotatable bonds is 5. The lowest BCUT2D eigenvalue weighted by atomic mass is 9.90. The molecule has 3 rings (SSSR count). The molecule has 2 aromatic rings. The molecule has 0 spiro atoms. The van der Waals surface area contributed by atoms with Crippen LogP contribution in [0.25, 0.3) is 0 Å². The van der Waals surface area contributed by atoms with Crippen LogP contribution in [0.4, 0.5) is 0 Å². The molecule has 1 aliphatic rings. The van der Waals surface area contributed by atoms with Gasteiger partial charge in [0.25, 0.3) is 0 Å². The van der Waals surface area contributed by atoms with E-state index in [0.717, 1.165) is 37.9 Å². The Bertz CT molecular complexity index is 709. The first-order chi connectivity index (χ1) is 12.1. The standard InChI is InChI=1S/C21H23Cl2NO/c22-19-8-6-17(15-20(19)23)7-9-21(25)24-12-10-18(11-13-24)14-16-4-2-1-3-5-16/h1-6,8,15,18H,7,9-14H2. The molecule has 0 bridgehead atoms. The molecular formula is C21H23Cl2NO. The zero-order valence-electron chi connectivity index (χ0n) is 14.3. The summed E-state index contributed by atoms with van der Waals surface area (Å²) >= 11 is 12.0. The molecule has 1 amide bonds.